The number of hydrogen-bond acceptors (Lipinski definition) is 3. The van der Waals surface area contributed by atoms with E-state index in [1.54, 1.807) is 14.2 Å². The first-order valence-corrected chi connectivity index (χ1v) is 7.10. The lowest BCUT2D eigenvalue weighted by Gasteiger charge is -2.22. The summed E-state index contributed by atoms with van der Waals surface area (Å²) in [7, 11) is 3.38. The van der Waals surface area contributed by atoms with E-state index in [1.807, 2.05) is 6.07 Å². The van der Waals surface area contributed by atoms with E-state index in [4.69, 9.17) is 9.47 Å². The molecule has 0 fully saturated rings. The van der Waals surface area contributed by atoms with Crippen molar-refractivity contribution in [2.45, 2.75) is 39.7 Å². The van der Waals surface area contributed by atoms with Gasteiger partial charge in [-0.2, -0.15) is 0 Å². The number of benzene rings is 1. The molecule has 0 aliphatic carbocycles. The summed E-state index contributed by atoms with van der Waals surface area (Å²) >= 11 is 0. The molecule has 108 valence electrons. The van der Waals surface area contributed by atoms with E-state index in [0.717, 1.165) is 24.5 Å². The largest absolute Gasteiger partial charge is 0.497 e. The van der Waals surface area contributed by atoms with Crippen molar-refractivity contribution in [3.8, 4) is 11.5 Å². The minimum atomic E-state index is 0.351. The third kappa shape index (κ3) is 4.75. The number of rotatable bonds is 8. The summed E-state index contributed by atoms with van der Waals surface area (Å²) in [5, 5.41) is 3.56. The minimum absolute atomic E-state index is 0.351. The van der Waals surface area contributed by atoms with E-state index in [2.05, 4.69) is 38.2 Å². The predicted molar refractivity (Wildman–Crippen MR) is 80.0 cm³/mol. The maximum Gasteiger partial charge on any atom is 0.122 e. The van der Waals surface area contributed by atoms with E-state index >= 15 is 0 Å². The molecule has 0 amide bonds. The lowest BCUT2D eigenvalue weighted by Crippen LogP contribution is -2.23. The third-order valence-electron chi connectivity index (χ3n) is 3.56. The van der Waals surface area contributed by atoms with Gasteiger partial charge < -0.3 is 14.8 Å². The number of methoxy groups -OCH3 is 2. The molecule has 0 bridgehead atoms. The van der Waals surface area contributed by atoms with Crippen molar-refractivity contribution in [1.29, 1.82) is 0 Å². The summed E-state index contributed by atoms with van der Waals surface area (Å²) in [6.45, 7) is 7.63. The van der Waals surface area contributed by atoms with Crippen LogP contribution in [0.4, 0.5) is 0 Å². The highest BCUT2D eigenvalue weighted by atomic mass is 16.5. The van der Waals surface area contributed by atoms with Crippen LogP contribution in [-0.2, 0) is 0 Å². The summed E-state index contributed by atoms with van der Waals surface area (Å²) in [4.78, 5) is 0. The summed E-state index contributed by atoms with van der Waals surface area (Å²) < 4.78 is 10.7. The summed E-state index contributed by atoms with van der Waals surface area (Å²) in [5.41, 5.74) is 1.23. The number of nitrogens with one attached hydrogen (secondary N) is 1. The van der Waals surface area contributed by atoms with E-state index in [1.165, 1.54) is 12.0 Å². The Hall–Kier alpha value is -1.22. The summed E-state index contributed by atoms with van der Waals surface area (Å²) in [6.07, 6.45) is 2.32. The van der Waals surface area contributed by atoms with Crippen LogP contribution in [0.2, 0.25) is 0 Å². The van der Waals surface area contributed by atoms with Gasteiger partial charge in [-0.3, -0.25) is 0 Å². The van der Waals surface area contributed by atoms with E-state index in [9.17, 15) is 0 Å². The van der Waals surface area contributed by atoms with Gasteiger partial charge in [0.15, 0.2) is 0 Å². The standard InChI is InChI=1S/C16H27NO2/c1-6-12(3)8-16(17-7-2)13-9-14(18-4)11-15(10-13)19-5/h9-12,16-17H,6-8H2,1-5H3. The van der Waals surface area contributed by atoms with Gasteiger partial charge in [0.1, 0.15) is 11.5 Å². The summed E-state index contributed by atoms with van der Waals surface area (Å²) in [5.74, 6) is 2.39. The van der Waals surface area contributed by atoms with Gasteiger partial charge in [-0.1, -0.05) is 27.2 Å². The predicted octanol–water partition coefficient (Wildman–Crippen LogP) is 3.79. The van der Waals surface area contributed by atoms with Crippen molar-refractivity contribution in [1.82, 2.24) is 5.32 Å². The zero-order valence-electron chi connectivity index (χ0n) is 12.8. The van der Waals surface area contributed by atoms with Crippen molar-refractivity contribution in [3.05, 3.63) is 23.8 Å². The first-order valence-electron chi connectivity index (χ1n) is 7.10. The van der Waals surface area contributed by atoms with E-state index in [-0.39, 0.29) is 0 Å². The van der Waals surface area contributed by atoms with Crippen LogP contribution in [0.25, 0.3) is 0 Å². The fraction of sp³-hybridized carbons (Fsp3) is 0.625. The lowest BCUT2D eigenvalue weighted by atomic mass is 9.94. The molecule has 2 unspecified atom stereocenters. The molecule has 3 nitrogen and oxygen atoms in total. The molecule has 0 heterocycles. The van der Waals surface area contributed by atoms with Crippen LogP contribution < -0.4 is 14.8 Å². The van der Waals surface area contributed by atoms with Crippen LogP contribution in [-0.4, -0.2) is 20.8 Å². The van der Waals surface area contributed by atoms with Crippen molar-refractivity contribution in [2.75, 3.05) is 20.8 Å². The molecule has 0 spiro atoms. The highest BCUT2D eigenvalue weighted by Crippen LogP contribution is 2.30. The quantitative estimate of drug-likeness (QED) is 0.775. The van der Waals surface area contributed by atoms with Crippen LogP contribution >= 0.6 is 0 Å². The maximum atomic E-state index is 5.35. The Morgan fingerprint density at radius 3 is 2.05 bits per heavy atom. The molecule has 1 aromatic rings. The molecular weight excluding hydrogens is 238 g/mol. The van der Waals surface area contributed by atoms with Crippen LogP contribution in [0.1, 0.15) is 45.2 Å². The molecule has 2 atom stereocenters. The Kier molecular flexibility index (Phi) is 6.71. The lowest BCUT2D eigenvalue weighted by molar-refractivity contribution is 0.383. The van der Waals surface area contributed by atoms with Gasteiger partial charge in [-0.15, -0.1) is 0 Å². The van der Waals surface area contributed by atoms with E-state index < -0.39 is 0 Å². The fourth-order valence-electron chi connectivity index (χ4n) is 2.18. The van der Waals surface area contributed by atoms with Gasteiger partial charge in [0, 0.05) is 12.1 Å². The van der Waals surface area contributed by atoms with Crippen LogP contribution in [0.3, 0.4) is 0 Å². The fourth-order valence-corrected chi connectivity index (χ4v) is 2.18. The van der Waals surface area contributed by atoms with Gasteiger partial charge in [-0.05, 0) is 36.6 Å². The monoisotopic (exact) mass is 265 g/mol. The first kappa shape index (κ1) is 15.8. The second-order valence-electron chi connectivity index (χ2n) is 5.01. The topological polar surface area (TPSA) is 30.5 Å². The number of hydrogen-bond donors (Lipinski definition) is 1. The second-order valence-corrected chi connectivity index (χ2v) is 5.01. The Labute approximate surface area is 117 Å². The Bertz CT molecular complexity index is 357. The molecule has 1 rings (SSSR count). The van der Waals surface area contributed by atoms with Crippen molar-refractivity contribution in [2.24, 2.45) is 5.92 Å². The average molecular weight is 265 g/mol. The van der Waals surface area contributed by atoms with Gasteiger partial charge in [-0.25, -0.2) is 0 Å². The Morgan fingerprint density at radius 1 is 1.05 bits per heavy atom. The second kappa shape index (κ2) is 8.05. The molecule has 3 heteroatoms. The van der Waals surface area contributed by atoms with E-state index in [0.29, 0.717) is 12.0 Å². The maximum absolute atomic E-state index is 5.35. The molecule has 1 N–H and O–H groups in total. The third-order valence-corrected chi connectivity index (χ3v) is 3.56. The van der Waals surface area contributed by atoms with Crippen molar-refractivity contribution >= 4 is 0 Å². The zero-order chi connectivity index (χ0) is 14.3. The molecule has 0 aromatic heterocycles. The van der Waals surface area contributed by atoms with Gasteiger partial charge >= 0.3 is 0 Å². The Balaban J connectivity index is 2.99. The first-order chi connectivity index (χ1) is 9.14. The SMILES string of the molecule is CCNC(CC(C)CC)c1cc(OC)cc(OC)c1. The molecule has 0 aliphatic heterocycles. The van der Waals surface area contributed by atoms with Gasteiger partial charge in [0.25, 0.3) is 0 Å². The molecule has 0 saturated heterocycles. The van der Waals surface area contributed by atoms with Crippen LogP contribution in [0, 0.1) is 5.92 Å². The zero-order valence-corrected chi connectivity index (χ0v) is 12.8. The summed E-state index contributed by atoms with van der Waals surface area (Å²) in [6, 6.07) is 6.45. The molecule has 0 radical (unpaired) electrons. The number of ether oxygens (including phenoxy) is 2. The average Bonchev–Trinajstić information content (AvgIpc) is 2.45. The highest BCUT2D eigenvalue weighted by Gasteiger charge is 2.15. The highest BCUT2D eigenvalue weighted by molar-refractivity contribution is 5.39. The van der Waals surface area contributed by atoms with Gasteiger partial charge in [0.2, 0.25) is 0 Å². The Morgan fingerprint density at radius 2 is 1.63 bits per heavy atom. The van der Waals surface area contributed by atoms with Crippen molar-refractivity contribution < 1.29 is 9.47 Å². The molecule has 0 saturated carbocycles. The molecule has 19 heavy (non-hydrogen) atoms. The molecule has 0 aliphatic rings. The molecular formula is C16H27NO2. The van der Waals surface area contributed by atoms with Crippen LogP contribution in [0.15, 0.2) is 18.2 Å². The van der Waals surface area contributed by atoms with Gasteiger partial charge in [0.05, 0.1) is 14.2 Å². The smallest absolute Gasteiger partial charge is 0.122 e. The van der Waals surface area contributed by atoms with Crippen molar-refractivity contribution in [3.63, 3.8) is 0 Å². The molecule has 1 aromatic carbocycles. The normalized spacial score (nSPS) is 13.9. The van der Waals surface area contributed by atoms with Crippen LogP contribution in [0.5, 0.6) is 11.5 Å². The minimum Gasteiger partial charge on any atom is -0.497 e.